The van der Waals surface area contributed by atoms with Gasteiger partial charge in [0.2, 0.25) is 0 Å². The number of benzene rings is 1. The van der Waals surface area contributed by atoms with E-state index >= 15 is 0 Å². The van der Waals surface area contributed by atoms with Crippen LogP contribution in [0.3, 0.4) is 0 Å². The summed E-state index contributed by atoms with van der Waals surface area (Å²) in [7, 11) is 0. The van der Waals surface area contributed by atoms with E-state index < -0.39 is 0 Å². The van der Waals surface area contributed by atoms with Gasteiger partial charge in [0.25, 0.3) is 0 Å². The van der Waals surface area contributed by atoms with Gasteiger partial charge in [0.05, 0.1) is 0 Å². The van der Waals surface area contributed by atoms with E-state index in [0.29, 0.717) is 6.61 Å². The number of rotatable bonds is 6. The van der Waals surface area contributed by atoms with E-state index in [9.17, 15) is 4.79 Å². The Labute approximate surface area is 96.1 Å². The predicted octanol–water partition coefficient (Wildman–Crippen LogP) is 1.90. The van der Waals surface area contributed by atoms with Gasteiger partial charge in [0.15, 0.2) is 0 Å². The van der Waals surface area contributed by atoms with E-state index in [0.717, 1.165) is 13.1 Å². The zero-order valence-electron chi connectivity index (χ0n) is 9.48. The molecule has 0 fully saturated rings. The van der Waals surface area contributed by atoms with Crippen LogP contribution in [0.5, 0.6) is 0 Å². The van der Waals surface area contributed by atoms with E-state index in [-0.39, 0.29) is 5.97 Å². The highest BCUT2D eigenvalue weighted by Gasteiger charge is 1.89. The van der Waals surface area contributed by atoms with Crippen molar-refractivity contribution in [2.45, 2.75) is 13.5 Å². The van der Waals surface area contributed by atoms with Gasteiger partial charge in [-0.05, 0) is 11.6 Å². The number of esters is 1. The van der Waals surface area contributed by atoms with Crippen LogP contribution in [0.1, 0.15) is 12.5 Å². The summed E-state index contributed by atoms with van der Waals surface area (Å²) in [5, 5.41) is 3.26. The standard InChI is InChI=1S/C13H17NO2/c1-12(15)16-10-6-5-9-14-11-13-7-3-2-4-8-13/h2-8,14H,9-11H2,1H3/b6-5+. The van der Waals surface area contributed by atoms with E-state index in [1.165, 1.54) is 12.5 Å². The van der Waals surface area contributed by atoms with Crippen molar-refractivity contribution in [3.8, 4) is 0 Å². The lowest BCUT2D eigenvalue weighted by Crippen LogP contribution is -2.12. The van der Waals surface area contributed by atoms with Gasteiger partial charge in [0.1, 0.15) is 6.61 Å². The normalized spacial score (nSPS) is 10.6. The molecule has 0 spiro atoms. The number of carbonyl (C=O) groups excluding carboxylic acids is 1. The van der Waals surface area contributed by atoms with Gasteiger partial charge in [-0.25, -0.2) is 0 Å². The van der Waals surface area contributed by atoms with E-state index in [4.69, 9.17) is 4.74 Å². The number of nitrogens with one attached hydrogen (secondary N) is 1. The van der Waals surface area contributed by atoms with Crippen LogP contribution in [0.25, 0.3) is 0 Å². The zero-order valence-corrected chi connectivity index (χ0v) is 9.48. The molecule has 3 heteroatoms. The first kappa shape index (κ1) is 12.5. The Morgan fingerprint density at radius 3 is 2.75 bits per heavy atom. The van der Waals surface area contributed by atoms with Crippen molar-refractivity contribution >= 4 is 5.97 Å². The molecule has 0 unspecified atom stereocenters. The van der Waals surface area contributed by atoms with E-state index in [1.54, 1.807) is 0 Å². The third kappa shape index (κ3) is 5.98. The van der Waals surface area contributed by atoms with Crippen LogP contribution in [-0.4, -0.2) is 19.1 Å². The van der Waals surface area contributed by atoms with Gasteiger partial charge in [-0.1, -0.05) is 36.4 Å². The molecule has 86 valence electrons. The summed E-state index contributed by atoms with van der Waals surface area (Å²) in [6.45, 7) is 3.37. The first-order valence-corrected chi connectivity index (χ1v) is 5.32. The van der Waals surface area contributed by atoms with Crippen LogP contribution in [0.15, 0.2) is 42.5 Å². The summed E-state index contributed by atoms with van der Waals surface area (Å²) >= 11 is 0. The van der Waals surface area contributed by atoms with Crippen LogP contribution < -0.4 is 5.32 Å². The first-order chi connectivity index (χ1) is 7.79. The van der Waals surface area contributed by atoms with Crippen molar-refractivity contribution in [1.29, 1.82) is 0 Å². The minimum atomic E-state index is -0.248. The molecule has 1 N–H and O–H groups in total. The second-order valence-electron chi connectivity index (χ2n) is 3.39. The Balaban J connectivity index is 2.06. The third-order valence-electron chi connectivity index (χ3n) is 1.98. The lowest BCUT2D eigenvalue weighted by Gasteiger charge is -2.01. The Morgan fingerprint density at radius 1 is 1.31 bits per heavy atom. The third-order valence-corrected chi connectivity index (χ3v) is 1.98. The predicted molar refractivity (Wildman–Crippen MR) is 63.9 cm³/mol. The molecule has 0 aliphatic rings. The summed E-state index contributed by atoms with van der Waals surface area (Å²) in [5.74, 6) is -0.248. The Morgan fingerprint density at radius 2 is 2.06 bits per heavy atom. The minimum absolute atomic E-state index is 0.248. The maximum Gasteiger partial charge on any atom is 0.302 e. The first-order valence-electron chi connectivity index (χ1n) is 5.32. The molecule has 0 aromatic heterocycles. The van der Waals surface area contributed by atoms with Gasteiger partial charge >= 0.3 is 5.97 Å². The Bertz CT molecular complexity index is 333. The number of hydrogen-bond acceptors (Lipinski definition) is 3. The van der Waals surface area contributed by atoms with Gasteiger partial charge in [-0.3, -0.25) is 4.79 Å². The van der Waals surface area contributed by atoms with Crippen LogP contribution in [0.2, 0.25) is 0 Å². The molecule has 0 atom stereocenters. The molecular formula is C13H17NO2. The van der Waals surface area contributed by atoms with Gasteiger partial charge < -0.3 is 10.1 Å². The summed E-state index contributed by atoms with van der Waals surface area (Å²) in [4.78, 5) is 10.4. The number of hydrogen-bond donors (Lipinski definition) is 1. The molecule has 1 aromatic carbocycles. The summed E-state index contributed by atoms with van der Waals surface area (Å²) < 4.78 is 4.75. The van der Waals surface area contributed by atoms with E-state index in [1.807, 2.05) is 30.4 Å². The summed E-state index contributed by atoms with van der Waals surface area (Å²) in [6.07, 6.45) is 3.78. The van der Waals surface area contributed by atoms with E-state index in [2.05, 4.69) is 17.4 Å². The second kappa shape index (κ2) is 7.65. The lowest BCUT2D eigenvalue weighted by molar-refractivity contribution is -0.139. The minimum Gasteiger partial charge on any atom is -0.462 e. The fourth-order valence-electron chi connectivity index (χ4n) is 1.21. The molecule has 3 nitrogen and oxygen atoms in total. The number of ether oxygens (including phenoxy) is 1. The molecule has 16 heavy (non-hydrogen) atoms. The highest BCUT2D eigenvalue weighted by Crippen LogP contribution is 1.96. The molecule has 0 bridgehead atoms. The van der Waals surface area contributed by atoms with Crippen LogP contribution in [0.4, 0.5) is 0 Å². The molecule has 0 radical (unpaired) electrons. The smallest absolute Gasteiger partial charge is 0.302 e. The topological polar surface area (TPSA) is 38.3 Å². The monoisotopic (exact) mass is 219 g/mol. The number of carbonyl (C=O) groups is 1. The molecule has 1 aromatic rings. The van der Waals surface area contributed by atoms with Crippen molar-refractivity contribution in [3.05, 3.63) is 48.0 Å². The fourth-order valence-corrected chi connectivity index (χ4v) is 1.21. The second-order valence-corrected chi connectivity index (χ2v) is 3.39. The average molecular weight is 219 g/mol. The van der Waals surface area contributed by atoms with Crippen molar-refractivity contribution in [3.63, 3.8) is 0 Å². The molecule has 0 heterocycles. The van der Waals surface area contributed by atoms with Gasteiger partial charge in [-0.2, -0.15) is 0 Å². The fraction of sp³-hybridized carbons (Fsp3) is 0.308. The van der Waals surface area contributed by atoms with Crippen LogP contribution in [0, 0.1) is 0 Å². The molecule has 0 aliphatic carbocycles. The molecular weight excluding hydrogens is 202 g/mol. The quantitative estimate of drug-likeness (QED) is 0.451. The van der Waals surface area contributed by atoms with Gasteiger partial charge in [-0.15, -0.1) is 0 Å². The van der Waals surface area contributed by atoms with Crippen molar-refractivity contribution < 1.29 is 9.53 Å². The highest BCUT2D eigenvalue weighted by atomic mass is 16.5. The molecule has 0 aliphatic heterocycles. The van der Waals surface area contributed by atoms with Crippen molar-refractivity contribution in [2.75, 3.05) is 13.2 Å². The molecule has 0 amide bonds. The van der Waals surface area contributed by atoms with Crippen LogP contribution >= 0.6 is 0 Å². The highest BCUT2D eigenvalue weighted by molar-refractivity contribution is 5.65. The zero-order chi connectivity index (χ0) is 11.6. The van der Waals surface area contributed by atoms with Crippen molar-refractivity contribution in [1.82, 2.24) is 5.32 Å². The molecule has 0 saturated heterocycles. The molecule has 1 rings (SSSR count). The summed E-state index contributed by atoms with van der Waals surface area (Å²) in [6, 6.07) is 10.2. The maximum atomic E-state index is 10.4. The largest absolute Gasteiger partial charge is 0.462 e. The van der Waals surface area contributed by atoms with Gasteiger partial charge in [0, 0.05) is 20.0 Å². The van der Waals surface area contributed by atoms with Crippen molar-refractivity contribution in [2.24, 2.45) is 0 Å². The lowest BCUT2D eigenvalue weighted by atomic mass is 10.2. The Hall–Kier alpha value is -1.61. The summed E-state index contributed by atoms with van der Waals surface area (Å²) in [5.41, 5.74) is 1.26. The molecule has 0 saturated carbocycles. The SMILES string of the molecule is CC(=O)OC/C=C/CNCc1ccccc1. The maximum absolute atomic E-state index is 10.4. The average Bonchev–Trinajstić information content (AvgIpc) is 2.29. The Kier molecular flexibility index (Phi) is 5.96. The van der Waals surface area contributed by atoms with Crippen LogP contribution in [-0.2, 0) is 16.1 Å².